The van der Waals surface area contributed by atoms with Gasteiger partial charge in [-0.1, -0.05) is 36.9 Å². The molecule has 1 aromatic heterocycles. The number of benzene rings is 2. The number of ketones is 1. The van der Waals surface area contributed by atoms with Gasteiger partial charge in [0.15, 0.2) is 5.78 Å². The molecule has 0 atom stereocenters. The molecule has 3 rings (SSSR count). The molecule has 0 radical (unpaired) electrons. The Kier molecular flexibility index (Phi) is 7.13. The fourth-order valence-electron chi connectivity index (χ4n) is 3.05. The Bertz CT molecular complexity index is 1150. The van der Waals surface area contributed by atoms with Crippen molar-refractivity contribution in [1.82, 2.24) is 4.98 Å². The summed E-state index contributed by atoms with van der Waals surface area (Å²) in [6.45, 7) is 4.28. The summed E-state index contributed by atoms with van der Waals surface area (Å²) in [5.74, 6) is 1.36. The molecule has 32 heavy (non-hydrogen) atoms. The Balaban J connectivity index is 1.59. The summed E-state index contributed by atoms with van der Waals surface area (Å²) in [4.78, 5) is 16.3. The highest BCUT2D eigenvalue weighted by Gasteiger charge is 2.10. The summed E-state index contributed by atoms with van der Waals surface area (Å²) in [6, 6.07) is 18.4. The van der Waals surface area contributed by atoms with Crippen molar-refractivity contribution in [2.24, 2.45) is 5.73 Å². The van der Waals surface area contributed by atoms with Crippen LogP contribution in [0.3, 0.4) is 0 Å². The fourth-order valence-corrected chi connectivity index (χ4v) is 3.05. The van der Waals surface area contributed by atoms with Crippen LogP contribution in [0.25, 0.3) is 5.76 Å². The molecule has 0 saturated carbocycles. The lowest BCUT2D eigenvalue weighted by Gasteiger charge is -2.10. The lowest BCUT2D eigenvalue weighted by molar-refractivity contribution is 0.104. The van der Waals surface area contributed by atoms with Crippen molar-refractivity contribution in [2.45, 2.75) is 13.0 Å². The third kappa shape index (κ3) is 5.89. The molecule has 0 amide bonds. The number of nitrogens with zero attached hydrogens (tertiary/aromatic N) is 1. The predicted molar refractivity (Wildman–Crippen MR) is 127 cm³/mol. The summed E-state index contributed by atoms with van der Waals surface area (Å²) >= 11 is 0. The van der Waals surface area contributed by atoms with Crippen molar-refractivity contribution in [2.75, 3.05) is 18.6 Å². The molecular formula is C25H26N4O3. The quantitative estimate of drug-likeness (QED) is 0.268. The highest BCUT2D eigenvalue weighted by molar-refractivity contribution is 6.08. The molecule has 1 heterocycles. The number of pyridine rings is 1. The summed E-state index contributed by atoms with van der Waals surface area (Å²) in [5.41, 5.74) is 20.9. The summed E-state index contributed by atoms with van der Waals surface area (Å²) in [6.07, 6.45) is 1.77. The van der Waals surface area contributed by atoms with Gasteiger partial charge < -0.3 is 26.7 Å². The maximum Gasteiger partial charge on any atom is 0.191 e. The van der Waals surface area contributed by atoms with Gasteiger partial charge in [-0.2, -0.15) is 0 Å². The van der Waals surface area contributed by atoms with E-state index in [1.54, 1.807) is 7.11 Å². The van der Waals surface area contributed by atoms with Crippen LogP contribution in [0, 0.1) is 0 Å². The van der Waals surface area contributed by atoms with E-state index < -0.39 is 0 Å². The van der Waals surface area contributed by atoms with Crippen molar-refractivity contribution in [3.05, 3.63) is 101 Å². The van der Waals surface area contributed by atoms with Crippen LogP contribution in [0.2, 0.25) is 0 Å². The molecule has 7 nitrogen and oxygen atoms in total. The van der Waals surface area contributed by atoms with Gasteiger partial charge in [0.1, 0.15) is 29.8 Å². The van der Waals surface area contributed by atoms with Crippen LogP contribution < -0.4 is 21.9 Å². The first-order chi connectivity index (χ1) is 15.4. The first-order valence-corrected chi connectivity index (χ1v) is 9.92. The summed E-state index contributed by atoms with van der Waals surface area (Å²) in [5, 5.41) is 0. The van der Waals surface area contributed by atoms with Crippen LogP contribution in [0.5, 0.6) is 5.75 Å². The molecule has 0 aliphatic rings. The minimum absolute atomic E-state index is 0.0811. The monoisotopic (exact) mass is 430 g/mol. The number of aromatic nitrogens is 1. The molecule has 2 aromatic carbocycles. The smallest absolute Gasteiger partial charge is 0.191 e. The number of ether oxygens (including phenoxy) is 2. The van der Waals surface area contributed by atoms with Gasteiger partial charge >= 0.3 is 0 Å². The molecule has 0 aliphatic carbocycles. The van der Waals surface area contributed by atoms with E-state index in [1.807, 2.05) is 48.5 Å². The number of allylic oxidation sites excluding steroid dienone is 2. The number of nitrogen functional groups attached to an aromatic ring is 2. The first-order valence-electron chi connectivity index (χ1n) is 9.92. The minimum Gasteiger partial charge on any atom is -0.497 e. The topological polar surface area (TPSA) is 126 Å². The van der Waals surface area contributed by atoms with Crippen molar-refractivity contribution in [1.29, 1.82) is 0 Å². The van der Waals surface area contributed by atoms with Gasteiger partial charge in [0.05, 0.1) is 12.7 Å². The molecule has 0 aliphatic heterocycles. The normalized spacial score (nSPS) is 11.1. The van der Waals surface area contributed by atoms with E-state index in [9.17, 15) is 4.79 Å². The van der Waals surface area contributed by atoms with E-state index in [2.05, 4.69) is 11.6 Å². The van der Waals surface area contributed by atoms with E-state index in [0.29, 0.717) is 24.5 Å². The van der Waals surface area contributed by atoms with Gasteiger partial charge in [0.25, 0.3) is 0 Å². The zero-order valence-electron chi connectivity index (χ0n) is 17.9. The largest absolute Gasteiger partial charge is 0.497 e. The Hall–Kier alpha value is -4.26. The second kappa shape index (κ2) is 10.2. The zero-order chi connectivity index (χ0) is 23.1. The average molecular weight is 431 g/mol. The molecule has 0 bridgehead atoms. The number of carbonyl (C=O) groups is 1. The SMILES string of the molecule is C=C(OC)c1cccc(COc2ccc(C/C(N)=C/C(=O)c3ccc(N)nc3N)cc2)c1. The third-order valence-electron chi connectivity index (χ3n) is 4.76. The number of methoxy groups -OCH3 is 1. The second-order valence-electron chi connectivity index (χ2n) is 7.19. The van der Waals surface area contributed by atoms with Crippen LogP contribution in [-0.2, 0) is 17.8 Å². The van der Waals surface area contributed by atoms with Crippen molar-refractivity contribution >= 4 is 23.2 Å². The molecule has 3 aromatic rings. The number of hydrogen-bond acceptors (Lipinski definition) is 7. The van der Waals surface area contributed by atoms with Crippen LogP contribution in [0.1, 0.15) is 27.0 Å². The Morgan fingerprint density at radius 1 is 1.06 bits per heavy atom. The van der Waals surface area contributed by atoms with E-state index >= 15 is 0 Å². The van der Waals surface area contributed by atoms with Gasteiger partial charge in [0, 0.05) is 23.8 Å². The number of hydrogen-bond donors (Lipinski definition) is 3. The van der Waals surface area contributed by atoms with Crippen molar-refractivity contribution in [3.63, 3.8) is 0 Å². The van der Waals surface area contributed by atoms with Gasteiger partial charge in [-0.25, -0.2) is 4.98 Å². The molecule has 164 valence electrons. The number of nitrogens with two attached hydrogens (primary N) is 3. The molecule has 6 N–H and O–H groups in total. The summed E-state index contributed by atoms with van der Waals surface area (Å²) < 4.78 is 11.0. The van der Waals surface area contributed by atoms with Gasteiger partial charge in [0.2, 0.25) is 0 Å². The minimum atomic E-state index is -0.314. The molecule has 0 spiro atoms. The highest BCUT2D eigenvalue weighted by atomic mass is 16.5. The Morgan fingerprint density at radius 3 is 2.50 bits per heavy atom. The average Bonchev–Trinajstić information content (AvgIpc) is 2.78. The van der Waals surface area contributed by atoms with Crippen LogP contribution in [0.4, 0.5) is 11.6 Å². The standard InChI is InChI=1S/C25H26N4O3/c1-16(31-2)19-5-3-4-18(12-19)15-32-21-8-6-17(7-9-21)13-20(26)14-23(30)22-10-11-24(27)29-25(22)28/h3-12,14H,1,13,15,26H2,2H3,(H4,27,28,29)/b20-14-. The lowest BCUT2D eigenvalue weighted by Crippen LogP contribution is -2.09. The predicted octanol–water partition coefficient (Wildman–Crippen LogP) is 3.71. The van der Waals surface area contributed by atoms with E-state index in [-0.39, 0.29) is 23.0 Å². The van der Waals surface area contributed by atoms with Crippen LogP contribution >= 0.6 is 0 Å². The molecule has 0 saturated heterocycles. The van der Waals surface area contributed by atoms with Gasteiger partial charge in [-0.15, -0.1) is 0 Å². The molecule has 7 heteroatoms. The summed E-state index contributed by atoms with van der Waals surface area (Å²) in [7, 11) is 1.59. The molecular weight excluding hydrogens is 404 g/mol. The van der Waals surface area contributed by atoms with Crippen LogP contribution in [0.15, 0.2) is 79.0 Å². The van der Waals surface area contributed by atoms with E-state index in [4.69, 9.17) is 26.7 Å². The fraction of sp³-hybridized carbons (Fsp3) is 0.120. The lowest BCUT2D eigenvalue weighted by atomic mass is 10.1. The van der Waals surface area contributed by atoms with Gasteiger partial charge in [-0.3, -0.25) is 4.79 Å². The van der Waals surface area contributed by atoms with Crippen LogP contribution in [-0.4, -0.2) is 17.9 Å². The Labute approximate surface area is 187 Å². The number of carbonyl (C=O) groups excluding carboxylic acids is 1. The van der Waals surface area contributed by atoms with E-state index in [0.717, 1.165) is 22.4 Å². The maximum absolute atomic E-state index is 12.4. The first kappa shape index (κ1) is 22.4. The third-order valence-corrected chi connectivity index (χ3v) is 4.76. The van der Waals surface area contributed by atoms with Crippen molar-refractivity contribution in [3.8, 4) is 5.75 Å². The maximum atomic E-state index is 12.4. The zero-order valence-corrected chi connectivity index (χ0v) is 17.9. The number of anilines is 2. The van der Waals surface area contributed by atoms with Gasteiger partial charge in [-0.05, 0) is 41.5 Å². The van der Waals surface area contributed by atoms with E-state index in [1.165, 1.54) is 18.2 Å². The molecule has 0 fully saturated rings. The van der Waals surface area contributed by atoms with Crippen molar-refractivity contribution < 1.29 is 14.3 Å². The Morgan fingerprint density at radius 2 is 1.81 bits per heavy atom. The second-order valence-corrected chi connectivity index (χ2v) is 7.19. The highest BCUT2D eigenvalue weighted by Crippen LogP contribution is 2.19. The molecule has 0 unspecified atom stereocenters. The number of rotatable bonds is 9.